The van der Waals surface area contributed by atoms with Gasteiger partial charge in [-0.2, -0.15) is 11.3 Å². The van der Waals surface area contributed by atoms with Gasteiger partial charge in [0, 0.05) is 26.3 Å². The molecule has 6 nitrogen and oxygen atoms in total. The summed E-state index contributed by atoms with van der Waals surface area (Å²) in [7, 11) is 0. The molecule has 5 rings (SSSR count). The molecule has 0 aliphatic carbocycles. The van der Waals surface area contributed by atoms with Crippen molar-refractivity contribution in [3.8, 4) is 0 Å². The van der Waals surface area contributed by atoms with E-state index in [-0.39, 0.29) is 17.5 Å². The summed E-state index contributed by atoms with van der Waals surface area (Å²) in [6.07, 6.45) is 1.64. The highest BCUT2D eigenvalue weighted by molar-refractivity contribution is 9.10. The Balaban J connectivity index is 1.30. The molecule has 4 aromatic carbocycles. The van der Waals surface area contributed by atoms with E-state index < -0.39 is 11.2 Å². The van der Waals surface area contributed by atoms with Crippen LogP contribution in [-0.2, 0) is 9.59 Å². The van der Waals surface area contributed by atoms with Crippen LogP contribution in [0.15, 0.2) is 141 Å². The predicted molar refractivity (Wildman–Crippen MR) is 179 cm³/mol. The van der Waals surface area contributed by atoms with E-state index in [9.17, 15) is 14.4 Å². The van der Waals surface area contributed by atoms with E-state index in [1.807, 2.05) is 89.6 Å². The Morgan fingerprint density at radius 1 is 0.744 bits per heavy atom. The van der Waals surface area contributed by atoms with Crippen LogP contribution >= 0.6 is 39.0 Å². The van der Waals surface area contributed by atoms with Gasteiger partial charge >= 0.3 is 0 Å². The van der Waals surface area contributed by atoms with E-state index in [1.54, 1.807) is 42.5 Å². The molecule has 0 aliphatic heterocycles. The monoisotopic (exact) mass is 667 g/mol. The average molecular weight is 669 g/mol. The van der Waals surface area contributed by atoms with E-state index in [0.29, 0.717) is 16.9 Å². The zero-order chi connectivity index (χ0) is 30.0. The van der Waals surface area contributed by atoms with E-state index in [4.69, 9.17) is 0 Å². The van der Waals surface area contributed by atoms with Crippen molar-refractivity contribution in [3.63, 3.8) is 0 Å². The Labute approximate surface area is 266 Å². The maximum Gasteiger partial charge on any atom is 0.272 e. The molecule has 0 spiro atoms. The molecule has 214 valence electrons. The fraction of sp³-hybridized carbons (Fsp3) is 0.0294. The van der Waals surface area contributed by atoms with Gasteiger partial charge in [-0.15, -0.1) is 11.8 Å². The molecule has 1 unspecified atom stereocenters. The Bertz CT molecular complexity index is 1710. The van der Waals surface area contributed by atoms with Crippen LogP contribution < -0.4 is 16.0 Å². The quantitative estimate of drug-likeness (QED) is 0.103. The second-order valence-electron chi connectivity index (χ2n) is 9.32. The summed E-state index contributed by atoms with van der Waals surface area (Å²) in [6, 6.07) is 34.9. The minimum absolute atomic E-state index is 0.124. The number of thiophene rings is 1. The van der Waals surface area contributed by atoms with Crippen molar-refractivity contribution in [2.24, 2.45) is 0 Å². The molecule has 43 heavy (non-hydrogen) atoms. The first-order valence-electron chi connectivity index (χ1n) is 13.2. The van der Waals surface area contributed by atoms with Crippen LogP contribution in [0.4, 0.5) is 11.4 Å². The van der Waals surface area contributed by atoms with Gasteiger partial charge < -0.3 is 16.0 Å². The maximum atomic E-state index is 13.4. The molecule has 3 amide bonds. The van der Waals surface area contributed by atoms with Gasteiger partial charge in [0.1, 0.15) is 10.9 Å². The number of carbonyl (C=O) groups is 3. The van der Waals surface area contributed by atoms with Crippen molar-refractivity contribution in [3.05, 3.63) is 153 Å². The number of nitrogens with one attached hydrogen (secondary N) is 3. The summed E-state index contributed by atoms with van der Waals surface area (Å²) >= 11 is 6.33. The van der Waals surface area contributed by atoms with Gasteiger partial charge in [0.2, 0.25) is 5.91 Å². The molecule has 1 heterocycles. The van der Waals surface area contributed by atoms with Crippen LogP contribution in [0.5, 0.6) is 0 Å². The summed E-state index contributed by atoms with van der Waals surface area (Å²) < 4.78 is 0.930. The lowest BCUT2D eigenvalue weighted by atomic mass is 10.1. The molecule has 0 bridgehead atoms. The van der Waals surface area contributed by atoms with E-state index in [1.165, 1.54) is 23.1 Å². The van der Waals surface area contributed by atoms with Gasteiger partial charge in [-0.25, -0.2) is 0 Å². The Morgan fingerprint density at radius 3 is 2.02 bits per heavy atom. The Morgan fingerprint density at radius 2 is 1.37 bits per heavy atom. The topological polar surface area (TPSA) is 87.3 Å². The number of hydrogen-bond acceptors (Lipinski definition) is 5. The molecule has 1 atom stereocenters. The maximum absolute atomic E-state index is 13.4. The molecule has 0 aliphatic rings. The molecule has 3 N–H and O–H groups in total. The van der Waals surface area contributed by atoms with Crippen LogP contribution in [0, 0.1) is 0 Å². The SMILES string of the molecule is O=C(Nc1ccc(SC(C(=O)Nc2ccc(Br)cc2)c2ccccc2)cc1)/C(=C/c1ccsc1)NC(=O)c1ccccc1. The van der Waals surface area contributed by atoms with Crippen molar-refractivity contribution in [2.75, 3.05) is 10.6 Å². The lowest BCUT2D eigenvalue weighted by Crippen LogP contribution is -2.30. The Kier molecular flexibility index (Phi) is 10.2. The zero-order valence-electron chi connectivity index (χ0n) is 22.7. The average Bonchev–Trinajstić information content (AvgIpc) is 3.55. The number of benzene rings is 4. The van der Waals surface area contributed by atoms with Crippen LogP contribution in [0.25, 0.3) is 6.08 Å². The molecule has 0 fully saturated rings. The number of anilines is 2. The van der Waals surface area contributed by atoms with E-state index in [2.05, 4.69) is 31.9 Å². The van der Waals surface area contributed by atoms with Gasteiger partial charge in [0.15, 0.2) is 0 Å². The largest absolute Gasteiger partial charge is 0.325 e. The number of halogens is 1. The highest BCUT2D eigenvalue weighted by Gasteiger charge is 2.22. The molecule has 0 saturated heterocycles. The third kappa shape index (κ3) is 8.54. The van der Waals surface area contributed by atoms with Gasteiger partial charge in [0.05, 0.1) is 0 Å². The number of carbonyl (C=O) groups excluding carboxylic acids is 3. The minimum Gasteiger partial charge on any atom is -0.325 e. The first kappa shape index (κ1) is 30.0. The van der Waals surface area contributed by atoms with Crippen molar-refractivity contribution in [2.45, 2.75) is 10.1 Å². The van der Waals surface area contributed by atoms with Gasteiger partial charge in [-0.05, 0) is 94.7 Å². The highest BCUT2D eigenvalue weighted by Crippen LogP contribution is 2.37. The summed E-state index contributed by atoms with van der Waals surface area (Å²) in [5, 5.41) is 11.9. The van der Waals surface area contributed by atoms with Crippen molar-refractivity contribution < 1.29 is 14.4 Å². The molecule has 9 heteroatoms. The fourth-order valence-corrected chi connectivity index (χ4v) is 5.97. The highest BCUT2D eigenvalue weighted by atomic mass is 79.9. The van der Waals surface area contributed by atoms with Crippen molar-refractivity contribution in [1.29, 1.82) is 0 Å². The lowest BCUT2D eigenvalue weighted by molar-refractivity contribution is -0.116. The van der Waals surface area contributed by atoms with Crippen LogP contribution in [0.3, 0.4) is 0 Å². The van der Waals surface area contributed by atoms with Gasteiger partial charge in [-0.3, -0.25) is 14.4 Å². The van der Waals surface area contributed by atoms with Gasteiger partial charge in [0.25, 0.3) is 11.8 Å². The number of rotatable bonds is 10. The van der Waals surface area contributed by atoms with Crippen molar-refractivity contribution >= 4 is 74.2 Å². The van der Waals surface area contributed by atoms with Crippen LogP contribution in [0.1, 0.15) is 26.7 Å². The fourth-order valence-electron chi connectivity index (χ4n) is 4.06. The molecular formula is C34H26BrN3O3S2. The van der Waals surface area contributed by atoms with Gasteiger partial charge in [-0.1, -0.05) is 64.5 Å². The minimum atomic E-state index is -0.501. The van der Waals surface area contributed by atoms with E-state index in [0.717, 1.165) is 20.5 Å². The zero-order valence-corrected chi connectivity index (χ0v) is 25.9. The number of thioether (sulfide) groups is 1. The second-order valence-corrected chi connectivity index (χ2v) is 12.2. The standard InChI is InChI=1S/C34H26BrN3O3S2/c35-26-11-13-27(14-12-26)37-34(41)31(24-7-3-1-4-8-24)43-29-17-15-28(16-18-29)36-33(40)30(21-23-19-20-42-22-23)38-32(39)25-9-5-2-6-10-25/h1-22,31H,(H,36,40)(H,37,41)(H,38,39)/b30-21-. The first-order chi connectivity index (χ1) is 20.9. The molecular weight excluding hydrogens is 642 g/mol. The molecule has 0 saturated carbocycles. The molecule has 0 radical (unpaired) electrons. The normalized spacial score (nSPS) is 11.8. The van der Waals surface area contributed by atoms with E-state index >= 15 is 0 Å². The van der Waals surface area contributed by atoms with Crippen molar-refractivity contribution in [1.82, 2.24) is 5.32 Å². The molecule has 1 aromatic heterocycles. The smallest absolute Gasteiger partial charge is 0.272 e. The summed E-state index contributed by atoms with van der Waals surface area (Å²) in [5.74, 6) is -0.975. The number of hydrogen-bond donors (Lipinski definition) is 3. The lowest BCUT2D eigenvalue weighted by Gasteiger charge is -2.17. The summed E-state index contributed by atoms with van der Waals surface area (Å²) in [5.41, 5.74) is 3.51. The third-order valence-electron chi connectivity index (χ3n) is 6.20. The summed E-state index contributed by atoms with van der Waals surface area (Å²) in [4.78, 5) is 40.3. The summed E-state index contributed by atoms with van der Waals surface area (Å²) in [6.45, 7) is 0. The molecule has 5 aromatic rings. The third-order valence-corrected chi connectivity index (χ3v) is 8.70. The number of amides is 3. The first-order valence-corrected chi connectivity index (χ1v) is 15.9. The second kappa shape index (κ2) is 14.6. The Hall–Kier alpha value is -4.44. The predicted octanol–water partition coefficient (Wildman–Crippen LogP) is 8.39. The van der Waals surface area contributed by atoms with Crippen LogP contribution in [0.2, 0.25) is 0 Å². The van der Waals surface area contributed by atoms with Crippen LogP contribution in [-0.4, -0.2) is 17.7 Å².